The lowest BCUT2D eigenvalue weighted by Crippen LogP contribution is -2.50. The Morgan fingerprint density at radius 1 is 0.966 bits per heavy atom. The van der Waals surface area contributed by atoms with Crippen LogP contribution in [0.15, 0.2) is 54.7 Å². The minimum absolute atomic E-state index is 0.0922. The molecule has 1 aromatic heterocycles. The molecule has 0 aliphatic carbocycles. The predicted molar refractivity (Wildman–Crippen MR) is 106 cm³/mol. The van der Waals surface area contributed by atoms with E-state index in [1.165, 1.54) is 23.2 Å². The van der Waals surface area contributed by atoms with E-state index in [1.807, 2.05) is 29.2 Å². The van der Waals surface area contributed by atoms with Gasteiger partial charge in [0.05, 0.1) is 6.54 Å². The normalized spacial score (nSPS) is 15.0. The van der Waals surface area contributed by atoms with Crippen LogP contribution in [0.25, 0.3) is 11.1 Å². The topological polar surface area (TPSA) is 49.3 Å². The van der Waals surface area contributed by atoms with Crippen LogP contribution >= 0.6 is 11.6 Å². The van der Waals surface area contributed by atoms with Crippen molar-refractivity contribution in [3.8, 4) is 11.1 Å². The summed E-state index contributed by atoms with van der Waals surface area (Å²) >= 11 is 5.88. The molecule has 0 atom stereocenters. The molecule has 29 heavy (non-hydrogen) atoms. The number of benzene rings is 2. The second-order valence-corrected chi connectivity index (χ2v) is 7.18. The number of halogens is 3. The van der Waals surface area contributed by atoms with Crippen LogP contribution in [0.2, 0.25) is 5.15 Å². The number of carbonyl (C=O) groups excluding carboxylic acids is 1. The number of carbonyl (C=O) groups is 1. The standard InChI is InChI=1S/C21H17ClF2N4O/c22-19-5-6-25-21(26-19)28-8-7-27(13-20(28)29)12-14-1-3-15(4-2-14)16-9-17(23)11-18(24)10-16/h1-6,9-11H,7-8,12-13H2. The molecule has 4 rings (SSSR count). The molecule has 1 fully saturated rings. The van der Waals surface area contributed by atoms with Crippen molar-refractivity contribution in [3.63, 3.8) is 0 Å². The molecule has 0 radical (unpaired) electrons. The number of piperazine rings is 1. The van der Waals surface area contributed by atoms with Crippen molar-refractivity contribution >= 4 is 23.5 Å². The molecule has 5 nitrogen and oxygen atoms in total. The summed E-state index contributed by atoms with van der Waals surface area (Å²) in [5, 5.41) is 0.295. The first-order chi connectivity index (χ1) is 14.0. The highest BCUT2D eigenvalue weighted by atomic mass is 35.5. The molecule has 0 unspecified atom stereocenters. The predicted octanol–water partition coefficient (Wildman–Crippen LogP) is 3.92. The summed E-state index contributed by atoms with van der Waals surface area (Å²) in [7, 11) is 0. The molecule has 1 saturated heterocycles. The zero-order valence-electron chi connectivity index (χ0n) is 15.4. The second kappa shape index (κ2) is 8.23. The van der Waals surface area contributed by atoms with Gasteiger partial charge in [-0.1, -0.05) is 35.9 Å². The number of nitrogens with zero attached hydrogens (tertiary/aromatic N) is 4. The Kier molecular flexibility index (Phi) is 5.51. The van der Waals surface area contributed by atoms with Crippen LogP contribution in [0.3, 0.4) is 0 Å². The Bertz CT molecular complexity index is 1020. The third-order valence-electron chi connectivity index (χ3n) is 4.71. The van der Waals surface area contributed by atoms with E-state index in [0.29, 0.717) is 36.3 Å². The molecule has 0 saturated carbocycles. The maximum Gasteiger partial charge on any atom is 0.243 e. The molecule has 148 valence electrons. The Balaban J connectivity index is 1.41. The van der Waals surface area contributed by atoms with Gasteiger partial charge in [-0.3, -0.25) is 14.6 Å². The van der Waals surface area contributed by atoms with E-state index in [9.17, 15) is 13.6 Å². The van der Waals surface area contributed by atoms with Crippen molar-refractivity contribution in [2.24, 2.45) is 0 Å². The first-order valence-corrected chi connectivity index (χ1v) is 9.42. The molecule has 1 aliphatic heterocycles. The molecular weight excluding hydrogens is 398 g/mol. The summed E-state index contributed by atoms with van der Waals surface area (Å²) in [6.45, 7) is 1.97. The van der Waals surface area contributed by atoms with Crippen LogP contribution in [-0.4, -0.2) is 40.4 Å². The van der Waals surface area contributed by atoms with Crippen molar-refractivity contribution in [2.45, 2.75) is 6.54 Å². The summed E-state index contributed by atoms with van der Waals surface area (Å²) in [4.78, 5) is 24.3. The first-order valence-electron chi connectivity index (χ1n) is 9.04. The van der Waals surface area contributed by atoms with Gasteiger partial charge in [0.25, 0.3) is 0 Å². The van der Waals surface area contributed by atoms with E-state index >= 15 is 0 Å². The maximum absolute atomic E-state index is 13.4. The Hall–Kier alpha value is -2.90. The second-order valence-electron chi connectivity index (χ2n) is 6.79. The quantitative estimate of drug-likeness (QED) is 0.607. The van der Waals surface area contributed by atoms with Gasteiger partial charge >= 0.3 is 0 Å². The van der Waals surface area contributed by atoms with Gasteiger partial charge < -0.3 is 0 Å². The van der Waals surface area contributed by atoms with E-state index in [1.54, 1.807) is 6.07 Å². The number of hydrogen-bond donors (Lipinski definition) is 0. The fourth-order valence-electron chi connectivity index (χ4n) is 3.31. The number of rotatable bonds is 4. The van der Waals surface area contributed by atoms with E-state index in [2.05, 4.69) is 9.97 Å². The molecule has 2 aromatic carbocycles. The van der Waals surface area contributed by atoms with E-state index < -0.39 is 11.6 Å². The van der Waals surface area contributed by atoms with Crippen LogP contribution < -0.4 is 4.90 Å². The van der Waals surface area contributed by atoms with Gasteiger partial charge in [-0.05, 0) is 34.9 Å². The highest BCUT2D eigenvalue weighted by Gasteiger charge is 2.26. The summed E-state index contributed by atoms with van der Waals surface area (Å²) in [5.74, 6) is -0.993. The maximum atomic E-state index is 13.4. The van der Waals surface area contributed by atoms with Crippen LogP contribution in [-0.2, 0) is 11.3 Å². The molecule has 2 heterocycles. The molecule has 1 amide bonds. The van der Waals surface area contributed by atoms with Crippen LogP contribution in [0.4, 0.5) is 14.7 Å². The lowest BCUT2D eigenvalue weighted by molar-refractivity contribution is -0.121. The van der Waals surface area contributed by atoms with Gasteiger partial charge in [-0.25, -0.2) is 18.7 Å². The largest absolute Gasteiger partial charge is 0.288 e. The van der Waals surface area contributed by atoms with Gasteiger partial charge in [0, 0.05) is 31.9 Å². The fraction of sp³-hybridized carbons (Fsp3) is 0.190. The molecule has 3 aromatic rings. The summed E-state index contributed by atoms with van der Waals surface area (Å²) in [6.07, 6.45) is 1.52. The van der Waals surface area contributed by atoms with Crippen LogP contribution in [0.1, 0.15) is 5.56 Å². The Morgan fingerprint density at radius 3 is 2.34 bits per heavy atom. The zero-order valence-corrected chi connectivity index (χ0v) is 16.1. The van der Waals surface area contributed by atoms with Gasteiger partial charge in [0.1, 0.15) is 16.8 Å². The Labute approximate surface area is 171 Å². The van der Waals surface area contributed by atoms with Gasteiger partial charge in [0.15, 0.2) is 0 Å². The Morgan fingerprint density at radius 2 is 1.69 bits per heavy atom. The van der Waals surface area contributed by atoms with E-state index in [-0.39, 0.29) is 12.5 Å². The molecular formula is C21H17ClF2N4O. The minimum Gasteiger partial charge on any atom is -0.288 e. The monoisotopic (exact) mass is 414 g/mol. The molecule has 1 aliphatic rings. The average Bonchev–Trinajstić information content (AvgIpc) is 2.68. The number of anilines is 1. The van der Waals surface area contributed by atoms with Crippen LogP contribution in [0.5, 0.6) is 0 Å². The fourth-order valence-corrected chi connectivity index (χ4v) is 3.44. The van der Waals surface area contributed by atoms with Crippen LogP contribution in [0, 0.1) is 11.6 Å². The third-order valence-corrected chi connectivity index (χ3v) is 4.92. The molecule has 0 spiro atoms. The van der Waals surface area contributed by atoms with Crippen molar-refractivity contribution in [2.75, 3.05) is 24.5 Å². The molecule has 8 heteroatoms. The highest BCUT2D eigenvalue weighted by Crippen LogP contribution is 2.23. The van der Waals surface area contributed by atoms with Crippen molar-refractivity contribution in [1.29, 1.82) is 0 Å². The summed E-state index contributed by atoms with van der Waals surface area (Å²) < 4.78 is 26.8. The number of hydrogen-bond acceptors (Lipinski definition) is 4. The van der Waals surface area contributed by atoms with Crippen molar-refractivity contribution in [3.05, 3.63) is 77.1 Å². The third kappa shape index (κ3) is 4.58. The number of aromatic nitrogens is 2. The number of amides is 1. The molecule has 0 N–H and O–H groups in total. The smallest absolute Gasteiger partial charge is 0.243 e. The van der Waals surface area contributed by atoms with Gasteiger partial charge in [-0.15, -0.1) is 0 Å². The molecule has 0 bridgehead atoms. The lowest BCUT2D eigenvalue weighted by atomic mass is 10.0. The van der Waals surface area contributed by atoms with Gasteiger partial charge in [-0.2, -0.15) is 0 Å². The minimum atomic E-state index is -0.607. The average molecular weight is 415 g/mol. The lowest BCUT2D eigenvalue weighted by Gasteiger charge is -2.33. The van der Waals surface area contributed by atoms with Crippen molar-refractivity contribution < 1.29 is 13.6 Å². The SMILES string of the molecule is O=C1CN(Cc2ccc(-c3cc(F)cc(F)c3)cc2)CCN1c1nccc(Cl)n1. The summed E-state index contributed by atoms with van der Waals surface area (Å²) in [5.41, 5.74) is 2.22. The van der Waals surface area contributed by atoms with E-state index in [4.69, 9.17) is 11.6 Å². The van der Waals surface area contributed by atoms with Gasteiger partial charge in [0.2, 0.25) is 11.9 Å². The highest BCUT2D eigenvalue weighted by molar-refractivity contribution is 6.29. The van der Waals surface area contributed by atoms with Crippen molar-refractivity contribution in [1.82, 2.24) is 14.9 Å². The van der Waals surface area contributed by atoms with E-state index in [0.717, 1.165) is 17.2 Å². The first kappa shape index (κ1) is 19.4. The zero-order chi connectivity index (χ0) is 20.4. The summed E-state index contributed by atoms with van der Waals surface area (Å²) in [6, 6.07) is 12.4.